The van der Waals surface area contributed by atoms with Gasteiger partial charge in [-0.15, -0.1) is 0 Å². The highest BCUT2D eigenvalue weighted by Gasteiger charge is 2.33. The number of carbonyl (C=O) groups is 1. The zero-order valence-corrected chi connectivity index (χ0v) is 11.0. The van der Waals surface area contributed by atoms with Crippen LogP contribution in [0.3, 0.4) is 0 Å². The molecule has 4 nitrogen and oxygen atoms in total. The molecule has 0 atom stereocenters. The van der Waals surface area contributed by atoms with Crippen LogP contribution in [0.15, 0.2) is 30.6 Å². The molecule has 0 aliphatic heterocycles. The van der Waals surface area contributed by atoms with Crippen LogP contribution in [-0.4, -0.2) is 29.1 Å². The lowest BCUT2D eigenvalue weighted by atomic mass is 9.87. The van der Waals surface area contributed by atoms with Gasteiger partial charge < -0.3 is 10.4 Å². The summed E-state index contributed by atoms with van der Waals surface area (Å²) in [7, 11) is 0. The summed E-state index contributed by atoms with van der Waals surface area (Å²) >= 11 is 0. The average molecular weight is 260 g/mol. The minimum absolute atomic E-state index is 0.0994. The Morgan fingerprint density at radius 2 is 2.26 bits per heavy atom. The van der Waals surface area contributed by atoms with Crippen molar-refractivity contribution < 1.29 is 9.90 Å². The molecule has 1 aromatic heterocycles. The number of hydrogen-bond donors (Lipinski definition) is 2. The predicted molar refractivity (Wildman–Crippen MR) is 74.3 cm³/mol. The number of aliphatic hydroxyl groups is 1. The molecule has 1 heterocycles. The van der Waals surface area contributed by atoms with Crippen LogP contribution in [0.25, 0.3) is 6.08 Å². The molecule has 1 amide bonds. The zero-order chi connectivity index (χ0) is 13.6. The van der Waals surface area contributed by atoms with Crippen molar-refractivity contribution >= 4 is 12.0 Å². The Labute approximate surface area is 113 Å². The summed E-state index contributed by atoms with van der Waals surface area (Å²) in [6.45, 7) is 0.708. The maximum absolute atomic E-state index is 11.7. The van der Waals surface area contributed by atoms with E-state index >= 15 is 0 Å². The molecule has 0 radical (unpaired) electrons. The van der Waals surface area contributed by atoms with Gasteiger partial charge in [-0.1, -0.05) is 18.9 Å². The normalized spacial score (nSPS) is 17.7. The molecular weight excluding hydrogens is 240 g/mol. The van der Waals surface area contributed by atoms with Gasteiger partial charge >= 0.3 is 0 Å². The number of rotatable bonds is 5. The molecule has 0 aromatic carbocycles. The Morgan fingerprint density at radius 1 is 1.47 bits per heavy atom. The van der Waals surface area contributed by atoms with Crippen molar-refractivity contribution in [2.75, 3.05) is 13.2 Å². The van der Waals surface area contributed by atoms with Gasteiger partial charge in [-0.05, 0) is 30.5 Å². The lowest BCUT2D eigenvalue weighted by Gasteiger charge is -2.26. The van der Waals surface area contributed by atoms with E-state index in [0.29, 0.717) is 6.54 Å². The molecule has 0 spiro atoms. The first-order chi connectivity index (χ1) is 9.24. The largest absolute Gasteiger partial charge is 0.396 e. The van der Waals surface area contributed by atoms with Crippen LogP contribution in [0.4, 0.5) is 0 Å². The SMILES string of the molecule is O=C(/C=C/c1cccnc1)NCC1(CO)CCCC1. The van der Waals surface area contributed by atoms with Gasteiger partial charge in [-0.25, -0.2) is 0 Å². The highest BCUT2D eigenvalue weighted by Crippen LogP contribution is 2.36. The number of carbonyl (C=O) groups excluding carboxylic acids is 1. The topological polar surface area (TPSA) is 62.2 Å². The van der Waals surface area contributed by atoms with E-state index in [1.54, 1.807) is 18.5 Å². The van der Waals surface area contributed by atoms with E-state index in [4.69, 9.17) is 0 Å². The van der Waals surface area contributed by atoms with Crippen LogP contribution in [-0.2, 0) is 4.79 Å². The third-order valence-electron chi connectivity index (χ3n) is 3.75. The molecule has 0 bridgehead atoms. The second-order valence-electron chi connectivity index (χ2n) is 5.20. The summed E-state index contributed by atoms with van der Waals surface area (Å²) in [6.07, 6.45) is 10.9. The van der Waals surface area contributed by atoms with Crippen LogP contribution >= 0.6 is 0 Å². The van der Waals surface area contributed by atoms with Crippen LogP contribution in [0.5, 0.6) is 0 Å². The summed E-state index contributed by atoms with van der Waals surface area (Å²) in [6, 6.07) is 3.72. The zero-order valence-electron chi connectivity index (χ0n) is 11.0. The molecule has 2 N–H and O–H groups in total. The van der Waals surface area contributed by atoms with Crippen molar-refractivity contribution in [3.05, 3.63) is 36.2 Å². The summed E-state index contributed by atoms with van der Waals surface area (Å²) in [4.78, 5) is 15.7. The third-order valence-corrected chi connectivity index (χ3v) is 3.75. The van der Waals surface area contributed by atoms with Crippen molar-refractivity contribution in [2.24, 2.45) is 5.41 Å². The first-order valence-electron chi connectivity index (χ1n) is 6.71. The Bertz CT molecular complexity index is 437. The average Bonchev–Trinajstić information content (AvgIpc) is 2.93. The van der Waals surface area contributed by atoms with Crippen molar-refractivity contribution in [3.8, 4) is 0 Å². The summed E-state index contributed by atoms with van der Waals surface area (Å²) in [5.41, 5.74) is 0.799. The number of amides is 1. The van der Waals surface area contributed by atoms with Gasteiger partial charge in [0.1, 0.15) is 0 Å². The molecule has 1 aromatic rings. The van der Waals surface area contributed by atoms with Crippen LogP contribution in [0.1, 0.15) is 31.2 Å². The lowest BCUT2D eigenvalue weighted by molar-refractivity contribution is -0.117. The number of aromatic nitrogens is 1. The lowest BCUT2D eigenvalue weighted by Crippen LogP contribution is -2.37. The monoisotopic (exact) mass is 260 g/mol. The van der Waals surface area contributed by atoms with Crippen LogP contribution in [0.2, 0.25) is 0 Å². The summed E-state index contributed by atoms with van der Waals surface area (Å²) in [5.74, 6) is -0.122. The number of nitrogens with one attached hydrogen (secondary N) is 1. The number of nitrogens with zero attached hydrogens (tertiary/aromatic N) is 1. The minimum atomic E-state index is -0.122. The molecule has 1 saturated carbocycles. The Balaban J connectivity index is 1.83. The van der Waals surface area contributed by atoms with E-state index in [1.165, 1.54) is 6.08 Å². The molecule has 2 rings (SSSR count). The van der Waals surface area contributed by atoms with Gasteiger partial charge in [0, 0.05) is 30.4 Å². The fourth-order valence-corrected chi connectivity index (χ4v) is 2.50. The molecular formula is C15H20N2O2. The molecule has 102 valence electrons. The van der Waals surface area contributed by atoms with Crippen molar-refractivity contribution in [1.82, 2.24) is 10.3 Å². The minimum Gasteiger partial charge on any atom is -0.396 e. The van der Waals surface area contributed by atoms with E-state index in [9.17, 15) is 9.90 Å². The Hall–Kier alpha value is -1.68. The summed E-state index contributed by atoms with van der Waals surface area (Å²) in [5, 5.41) is 12.3. The Morgan fingerprint density at radius 3 is 2.89 bits per heavy atom. The van der Waals surface area contributed by atoms with Gasteiger partial charge in [0.25, 0.3) is 0 Å². The van der Waals surface area contributed by atoms with E-state index < -0.39 is 0 Å². The quantitative estimate of drug-likeness (QED) is 0.793. The van der Waals surface area contributed by atoms with E-state index in [0.717, 1.165) is 31.2 Å². The first-order valence-corrected chi connectivity index (χ1v) is 6.71. The van der Waals surface area contributed by atoms with Gasteiger partial charge in [0.15, 0.2) is 0 Å². The Kier molecular flexibility index (Phi) is 4.68. The van der Waals surface area contributed by atoms with Crippen molar-refractivity contribution in [1.29, 1.82) is 0 Å². The molecule has 1 aliphatic carbocycles. The maximum Gasteiger partial charge on any atom is 0.244 e. The molecule has 4 heteroatoms. The third kappa shape index (κ3) is 3.89. The number of hydrogen-bond acceptors (Lipinski definition) is 3. The smallest absolute Gasteiger partial charge is 0.244 e. The highest BCUT2D eigenvalue weighted by atomic mass is 16.3. The molecule has 19 heavy (non-hydrogen) atoms. The van der Waals surface area contributed by atoms with E-state index in [1.807, 2.05) is 12.1 Å². The fraction of sp³-hybridized carbons (Fsp3) is 0.467. The number of pyridine rings is 1. The molecule has 1 aliphatic rings. The standard InChI is InChI=1S/C15H20N2O2/c18-12-15(7-1-2-8-15)11-17-14(19)6-5-13-4-3-9-16-10-13/h3-6,9-10,18H,1-2,7-8,11-12H2,(H,17,19)/b6-5+. The van der Waals surface area contributed by atoms with Gasteiger partial charge in [0.05, 0.1) is 6.61 Å². The number of aliphatic hydroxyl groups excluding tert-OH is 1. The molecule has 1 fully saturated rings. The second-order valence-corrected chi connectivity index (χ2v) is 5.20. The maximum atomic E-state index is 11.7. The van der Waals surface area contributed by atoms with Gasteiger partial charge in [0.2, 0.25) is 5.91 Å². The highest BCUT2D eigenvalue weighted by molar-refractivity contribution is 5.91. The van der Waals surface area contributed by atoms with Crippen LogP contribution < -0.4 is 5.32 Å². The van der Waals surface area contributed by atoms with Crippen LogP contribution in [0, 0.1) is 5.41 Å². The summed E-state index contributed by atoms with van der Waals surface area (Å²) < 4.78 is 0. The van der Waals surface area contributed by atoms with E-state index in [2.05, 4.69) is 10.3 Å². The van der Waals surface area contributed by atoms with Crippen molar-refractivity contribution in [3.63, 3.8) is 0 Å². The predicted octanol–water partition coefficient (Wildman–Crippen LogP) is 1.76. The van der Waals surface area contributed by atoms with Gasteiger partial charge in [-0.3, -0.25) is 9.78 Å². The molecule has 0 saturated heterocycles. The van der Waals surface area contributed by atoms with E-state index in [-0.39, 0.29) is 17.9 Å². The van der Waals surface area contributed by atoms with Crippen molar-refractivity contribution in [2.45, 2.75) is 25.7 Å². The van der Waals surface area contributed by atoms with Gasteiger partial charge in [-0.2, -0.15) is 0 Å². The second kappa shape index (κ2) is 6.48. The molecule has 0 unspecified atom stereocenters. The first kappa shape index (κ1) is 13.7. The fourth-order valence-electron chi connectivity index (χ4n) is 2.50.